The first kappa shape index (κ1) is 24.0. The molecule has 0 spiro atoms. The van der Waals surface area contributed by atoms with Gasteiger partial charge >= 0.3 is 0 Å². The summed E-state index contributed by atoms with van der Waals surface area (Å²) in [6.07, 6.45) is 8.72. The number of nitrogens with one attached hydrogen (secondary N) is 2. The van der Waals surface area contributed by atoms with E-state index in [1.165, 1.54) is 5.57 Å². The van der Waals surface area contributed by atoms with E-state index < -0.39 is 0 Å². The van der Waals surface area contributed by atoms with Gasteiger partial charge < -0.3 is 19.8 Å². The lowest BCUT2D eigenvalue weighted by molar-refractivity contribution is -0.162. The Morgan fingerprint density at radius 3 is 2.46 bits per heavy atom. The molecule has 2 unspecified atom stereocenters. The van der Waals surface area contributed by atoms with Crippen LogP contribution in [0, 0.1) is 16.7 Å². The Hall–Kier alpha value is -2.69. The zero-order chi connectivity index (χ0) is 25.0. The molecule has 2 fully saturated rings. The highest BCUT2D eigenvalue weighted by Crippen LogP contribution is 2.45. The maximum absolute atomic E-state index is 9.06. The third-order valence-corrected chi connectivity index (χ3v) is 7.41. The van der Waals surface area contributed by atoms with Gasteiger partial charge in [-0.15, -0.1) is 0 Å². The topological polar surface area (TPSA) is 99.2 Å². The SMILES string of the molecule is CC1(C)CC=C(c2nc(C3CC(C)(C)OC(C)(C)C3)ccc2NC2OC2c2nc(C#N)c[nH]2)CC1. The van der Waals surface area contributed by atoms with Crippen LogP contribution < -0.4 is 5.32 Å². The van der Waals surface area contributed by atoms with Crippen molar-refractivity contribution in [3.63, 3.8) is 0 Å². The summed E-state index contributed by atoms with van der Waals surface area (Å²) in [5.74, 6) is 1.02. The second-order valence-corrected chi connectivity index (χ2v) is 12.4. The molecule has 2 atom stereocenters. The Morgan fingerprint density at radius 2 is 1.83 bits per heavy atom. The van der Waals surface area contributed by atoms with Crippen LogP contribution in [0.1, 0.15) is 109 Å². The van der Waals surface area contributed by atoms with Crippen LogP contribution in [0.3, 0.4) is 0 Å². The highest BCUT2D eigenvalue weighted by Gasteiger charge is 2.44. The van der Waals surface area contributed by atoms with Gasteiger partial charge in [0.15, 0.2) is 18.0 Å². The number of rotatable bonds is 5. The lowest BCUT2D eigenvalue weighted by Gasteiger charge is -2.45. The molecule has 5 rings (SSSR count). The van der Waals surface area contributed by atoms with Crippen molar-refractivity contribution >= 4 is 11.3 Å². The van der Waals surface area contributed by atoms with Crippen LogP contribution in [-0.4, -0.2) is 32.4 Å². The van der Waals surface area contributed by atoms with E-state index in [9.17, 15) is 0 Å². The van der Waals surface area contributed by atoms with Crippen molar-refractivity contribution < 1.29 is 9.47 Å². The summed E-state index contributed by atoms with van der Waals surface area (Å²) in [6.45, 7) is 13.4. The average Bonchev–Trinajstić information content (AvgIpc) is 3.35. The fraction of sp³-hybridized carbons (Fsp3) is 0.607. The molecule has 7 nitrogen and oxygen atoms in total. The van der Waals surface area contributed by atoms with E-state index in [1.54, 1.807) is 6.20 Å². The number of hydrogen-bond donors (Lipinski definition) is 2. The Kier molecular flexibility index (Phi) is 5.81. The predicted octanol–water partition coefficient (Wildman–Crippen LogP) is 6.23. The molecule has 2 saturated heterocycles. The number of ether oxygens (including phenoxy) is 2. The molecule has 0 saturated carbocycles. The van der Waals surface area contributed by atoms with Crippen LogP contribution >= 0.6 is 0 Å². The number of imidazole rings is 1. The first-order valence-electron chi connectivity index (χ1n) is 12.7. The molecule has 186 valence electrons. The summed E-state index contributed by atoms with van der Waals surface area (Å²) in [5, 5.41) is 12.6. The second kappa shape index (κ2) is 8.46. The number of allylic oxidation sites excluding steroid dienone is 2. The van der Waals surface area contributed by atoms with Gasteiger partial charge in [-0.1, -0.05) is 19.9 Å². The minimum Gasteiger partial charge on any atom is -0.370 e. The van der Waals surface area contributed by atoms with Crippen molar-refractivity contribution in [2.24, 2.45) is 5.41 Å². The third-order valence-electron chi connectivity index (χ3n) is 7.41. The number of nitriles is 1. The molecule has 2 N–H and O–H groups in total. The van der Waals surface area contributed by atoms with E-state index in [1.807, 2.05) is 0 Å². The van der Waals surface area contributed by atoms with E-state index in [0.29, 0.717) is 22.9 Å². The Morgan fingerprint density at radius 1 is 1.09 bits per heavy atom. The van der Waals surface area contributed by atoms with Crippen molar-refractivity contribution in [2.45, 2.75) is 103 Å². The van der Waals surface area contributed by atoms with Gasteiger partial charge in [0.05, 0.1) is 22.6 Å². The summed E-state index contributed by atoms with van der Waals surface area (Å²) >= 11 is 0. The van der Waals surface area contributed by atoms with Gasteiger partial charge in [-0.05, 0) is 82.9 Å². The fourth-order valence-electron chi connectivity index (χ4n) is 5.78. The average molecular weight is 476 g/mol. The molecule has 0 bridgehead atoms. The van der Waals surface area contributed by atoms with Crippen LogP contribution in [0.4, 0.5) is 5.69 Å². The van der Waals surface area contributed by atoms with Crippen LogP contribution in [0.15, 0.2) is 24.4 Å². The van der Waals surface area contributed by atoms with Crippen molar-refractivity contribution in [1.29, 1.82) is 5.26 Å². The van der Waals surface area contributed by atoms with Gasteiger partial charge in [0.2, 0.25) is 0 Å². The summed E-state index contributed by atoms with van der Waals surface area (Å²) in [5.41, 5.74) is 4.81. The van der Waals surface area contributed by atoms with Crippen molar-refractivity contribution in [2.75, 3.05) is 5.32 Å². The zero-order valence-electron chi connectivity index (χ0n) is 21.7. The number of hydrogen-bond acceptors (Lipinski definition) is 6. The second-order valence-electron chi connectivity index (χ2n) is 12.4. The number of anilines is 1. The normalized spacial score (nSPS) is 27.1. The van der Waals surface area contributed by atoms with Gasteiger partial charge in [-0.2, -0.15) is 5.26 Å². The molecule has 2 aromatic rings. The molecule has 0 amide bonds. The molecular weight excluding hydrogens is 438 g/mol. The van der Waals surface area contributed by atoms with E-state index >= 15 is 0 Å². The third kappa shape index (κ3) is 5.29. The largest absolute Gasteiger partial charge is 0.370 e. The number of pyridine rings is 1. The number of epoxide rings is 1. The molecule has 1 aliphatic carbocycles. The van der Waals surface area contributed by atoms with Gasteiger partial charge in [0.25, 0.3) is 0 Å². The smallest absolute Gasteiger partial charge is 0.162 e. The standard InChI is InChI=1S/C28H37N5O2/c1-26(2)11-9-17(10-12-26)22-21(33-25-23(34-25)24-30-16-19(15-29)31-24)8-7-20(32-22)18-13-27(3,4)35-28(5,6)14-18/h7-9,16,18,23,25,33H,10-14H2,1-6H3,(H,30,31). The van der Waals surface area contributed by atoms with Crippen molar-refractivity contribution in [1.82, 2.24) is 15.0 Å². The Labute approximate surface area is 208 Å². The maximum atomic E-state index is 9.06. The molecule has 2 aromatic heterocycles. The van der Waals surface area contributed by atoms with E-state index in [2.05, 4.69) is 81.1 Å². The van der Waals surface area contributed by atoms with Gasteiger partial charge in [0.1, 0.15) is 11.9 Å². The van der Waals surface area contributed by atoms with Gasteiger partial charge in [0, 0.05) is 17.8 Å². The highest BCUT2D eigenvalue weighted by atomic mass is 16.6. The van der Waals surface area contributed by atoms with E-state index in [-0.39, 0.29) is 23.5 Å². The Balaban J connectivity index is 1.43. The molecule has 7 heteroatoms. The lowest BCUT2D eigenvalue weighted by Crippen LogP contribution is -2.44. The van der Waals surface area contributed by atoms with E-state index in [0.717, 1.165) is 49.2 Å². The zero-order valence-corrected chi connectivity index (χ0v) is 21.7. The van der Waals surface area contributed by atoms with Crippen LogP contribution in [0.25, 0.3) is 5.57 Å². The number of aromatic amines is 1. The quantitative estimate of drug-likeness (QED) is 0.497. The number of H-pyrrole nitrogens is 1. The number of aromatic nitrogens is 3. The van der Waals surface area contributed by atoms with E-state index in [4.69, 9.17) is 19.7 Å². The summed E-state index contributed by atoms with van der Waals surface area (Å²) in [4.78, 5) is 12.6. The minimum atomic E-state index is -0.194. The van der Waals surface area contributed by atoms with Crippen LogP contribution in [0.2, 0.25) is 0 Å². The Bertz CT molecular complexity index is 1170. The van der Waals surface area contributed by atoms with Crippen molar-refractivity contribution in [3.8, 4) is 6.07 Å². The first-order valence-corrected chi connectivity index (χ1v) is 12.7. The summed E-state index contributed by atoms with van der Waals surface area (Å²) < 4.78 is 12.2. The van der Waals surface area contributed by atoms with Crippen molar-refractivity contribution in [3.05, 3.63) is 47.3 Å². The predicted molar refractivity (Wildman–Crippen MR) is 136 cm³/mol. The summed E-state index contributed by atoms with van der Waals surface area (Å²) in [6, 6.07) is 6.39. The summed E-state index contributed by atoms with van der Waals surface area (Å²) in [7, 11) is 0. The fourth-order valence-corrected chi connectivity index (χ4v) is 5.78. The molecule has 3 aliphatic rings. The maximum Gasteiger partial charge on any atom is 0.162 e. The number of nitrogens with zero attached hydrogens (tertiary/aromatic N) is 3. The minimum absolute atomic E-state index is 0.181. The molecule has 0 radical (unpaired) electrons. The molecular formula is C28H37N5O2. The molecule has 2 aliphatic heterocycles. The molecule has 0 aromatic carbocycles. The lowest BCUT2D eigenvalue weighted by atomic mass is 9.77. The van der Waals surface area contributed by atoms with Crippen LogP contribution in [-0.2, 0) is 9.47 Å². The monoisotopic (exact) mass is 475 g/mol. The van der Waals surface area contributed by atoms with Gasteiger partial charge in [-0.3, -0.25) is 4.98 Å². The highest BCUT2D eigenvalue weighted by molar-refractivity contribution is 5.74. The van der Waals surface area contributed by atoms with Gasteiger partial charge in [-0.25, -0.2) is 4.98 Å². The molecule has 4 heterocycles. The van der Waals surface area contributed by atoms with Crippen LogP contribution in [0.5, 0.6) is 0 Å². The molecule has 35 heavy (non-hydrogen) atoms. The first-order chi connectivity index (χ1) is 16.4.